The number of aliphatic hydroxyl groups is 1. The summed E-state index contributed by atoms with van der Waals surface area (Å²) in [5.74, 6) is 5.38. The second-order valence-corrected chi connectivity index (χ2v) is 9.02. The first-order chi connectivity index (χ1) is 10.8. The van der Waals surface area contributed by atoms with E-state index in [1.54, 1.807) is 0 Å². The Hall–Kier alpha value is -1.07. The quantitative estimate of drug-likeness (QED) is 0.692. The highest BCUT2D eigenvalue weighted by Gasteiger charge is 2.63. The summed E-state index contributed by atoms with van der Waals surface area (Å²) in [5, 5.41) is 11.0. The highest BCUT2D eigenvalue weighted by Crippen LogP contribution is 2.67. The van der Waals surface area contributed by atoms with Gasteiger partial charge in [0.2, 0.25) is 0 Å². The van der Waals surface area contributed by atoms with Gasteiger partial charge < -0.3 is 5.11 Å². The predicted octanol–water partition coefficient (Wildman–Crippen LogP) is 3.74. The van der Waals surface area contributed by atoms with Crippen LogP contribution in [-0.2, 0) is 4.79 Å². The molecule has 7 atom stereocenters. The molecule has 4 aliphatic carbocycles. The molecular formula is C21H28O2. The number of carbonyl (C=O) groups is 1. The minimum atomic E-state index is -0.918. The molecule has 1 N–H and O–H groups in total. The summed E-state index contributed by atoms with van der Waals surface area (Å²) in [6.07, 6.45) is 16.8. The molecule has 0 bridgehead atoms. The van der Waals surface area contributed by atoms with Gasteiger partial charge in [-0.3, -0.25) is 4.79 Å². The molecule has 0 aromatic carbocycles. The van der Waals surface area contributed by atoms with Gasteiger partial charge in [-0.1, -0.05) is 25.8 Å². The minimum absolute atomic E-state index is 0.125. The van der Waals surface area contributed by atoms with Crippen LogP contribution in [0.25, 0.3) is 0 Å². The van der Waals surface area contributed by atoms with Gasteiger partial charge in [-0.25, -0.2) is 0 Å². The van der Waals surface area contributed by atoms with E-state index in [0.717, 1.165) is 38.5 Å². The van der Waals surface area contributed by atoms with Crippen LogP contribution in [0.4, 0.5) is 0 Å². The molecule has 124 valence electrons. The first-order valence-corrected chi connectivity index (χ1v) is 9.26. The van der Waals surface area contributed by atoms with Gasteiger partial charge in [0, 0.05) is 11.8 Å². The Morgan fingerprint density at radius 2 is 1.91 bits per heavy atom. The third-order valence-corrected chi connectivity index (χ3v) is 8.43. The Morgan fingerprint density at radius 1 is 1.17 bits per heavy atom. The van der Waals surface area contributed by atoms with Gasteiger partial charge in [0.15, 0.2) is 5.78 Å². The predicted molar refractivity (Wildman–Crippen MR) is 90.4 cm³/mol. The summed E-state index contributed by atoms with van der Waals surface area (Å²) in [7, 11) is 0. The average molecular weight is 312 g/mol. The van der Waals surface area contributed by atoms with Crippen molar-refractivity contribution in [1.29, 1.82) is 0 Å². The van der Waals surface area contributed by atoms with Crippen molar-refractivity contribution in [1.82, 2.24) is 0 Å². The molecule has 23 heavy (non-hydrogen) atoms. The maximum absolute atomic E-state index is 11.8. The third-order valence-electron chi connectivity index (χ3n) is 8.43. The fraction of sp³-hybridized carbons (Fsp3) is 0.762. The SMILES string of the molecule is C#C[C@]1(O)CC[C@H]2[C@@H]3CCC4CC(=O)C=C[C@]4(C)[C@H]3CC[C@@]21C. The molecule has 4 aliphatic rings. The molecule has 0 aliphatic heterocycles. The minimum Gasteiger partial charge on any atom is -0.377 e. The first kappa shape index (κ1) is 15.5. The molecule has 2 nitrogen and oxygen atoms in total. The lowest BCUT2D eigenvalue weighted by Gasteiger charge is -2.59. The van der Waals surface area contributed by atoms with Gasteiger partial charge in [-0.05, 0) is 73.7 Å². The highest BCUT2D eigenvalue weighted by molar-refractivity contribution is 5.91. The van der Waals surface area contributed by atoms with Crippen LogP contribution in [0.15, 0.2) is 12.2 Å². The van der Waals surface area contributed by atoms with Crippen molar-refractivity contribution < 1.29 is 9.90 Å². The molecule has 2 heteroatoms. The normalized spacial score (nSPS) is 54.8. The number of fused-ring (bicyclic) bond motifs is 5. The Labute approximate surface area is 139 Å². The fourth-order valence-corrected chi connectivity index (χ4v) is 6.89. The van der Waals surface area contributed by atoms with E-state index in [0.29, 0.717) is 29.5 Å². The molecule has 0 saturated heterocycles. The summed E-state index contributed by atoms with van der Waals surface area (Å²) in [5.41, 5.74) is -0.881. The lowest BCUT2D eigenvalue weighted by atomic mass is 9.45. The summed E-state index contributed by atoms with van der Waals surface area (Å²) in [6, 6.07) is 0. The third kappa shape index (κ3) is 1.84. The van der Waals surface area contributed by atoms with Crippen molar-refractivity contribution in [3.05, 3.63) is 12.2 Å². The van der Waals surface area contributed by atoms with E-state index in [1.165, 1.54) is 6.42 Å². The van der Waals surface area contributed by atoms with E-state index in [-0.39, 0.29) is 10.8 Å². The van der Waals surface area contributed by atoms with E-state index < -0.39 is 5.60 Å². The fourth-order valence-electron chi connectivity index (χ4n) is 6.89. The van der Waals surface area contributed by atoms with Crippen LogP contribution >= 0.6 is 0 Å². The van der Waals surface area contributed by atoms with E-state index in [1.807, 2.05) is 6.08 Å². The molecule has 4 rings (SSSR count). The van der Waals surface area contributed by atoms with Gasteiger partial charge in [0.1, 0.15) is 5.60 Å². The van der Waals surface area contributed by atoms with Crippen molar-refractivity contribution in [2.24, 2.45) is 34.5 Å². The van der Waals surface area contributed by atoms with Crippen molar-refractivity contribution in [2.45, 2.75) is 64.4 Å². The zero-order valence-electron chi connectivity index (χ0n) is 14.3. The summed E-state index contributed by atoms with van der Waals surface area (Å²) in [4.78, 5) is 11.8. The van der Waals surface area contributed by atoms with Gasteiger partial charge in [-0.2, -0.15) is 0 Å². The standard InChI is InChI=1S/C21H28O2/c1-4-21(23)12-9-18-16-6-5-14-13-15(22)7-10-19(14,2)17(16)8-11-20(18,21)3/h1,7,10,14,16-18,23H,5-6,8-9,11-13H2,2-3H3/t14?,16-,17+,18+,19+,20+,21+/m1/s1. The van der Waals surface area contributed by atoms with E-state index in [2.05, 4.69) is 25.8 Å². The van der Waals surface area contributed by atoms with Gasteiger partial charge in [-0.15, -0.1) is 6.42 Å². The van der Waals surface area contributed by atoms with Gasteiger partial charge in [0.05, 0.1) is 0 Å². The van der Waals surface area contributed by atoms with Crippen LogP contribution < -0.4 is 0 Å². The van der Waals surface area contributed by atoms with E-state index in [4.69, 9.17) is 6.42 Å². The molecule has 0 amide bonds. The molecule has 0 aromatic rings. The smallest absolute Gasteiger partial charge is 0.155 e. The summed E-state index contributed by atoms with van der Waals surface area (Å²) in [6.45, 7) is 4.61. The molecule has 0 radical (unpaired) electrons. The number of carbonyl (C=O) groups excluding carboxylic acids is 1. The number of terminal acetylenes is 1. The Bertz CT molecular complexity index is 614. The van der Waals surface area contributed by atoms with Crippen LogP contribution in [0, 0.1) is 46.8 Å². The van der Waals surface area contributed by atoms with Crippen molar-refractivity contribution in [2.75, 3.05) is 0 Å². The number of ketones is 1. The lowest BCUT2D eigenvalue weighted by molar-refractivity contribution is -0.128. The number of hydrogen-bond donors (Lipinski definition) is 1. The first-order valence-electron chi connectivity index (χ1n) is 9.26. The van der Waals surface area contributed by atoms with E-state index >= 15 is 0 Å². The maximum Gasteiger partial charge on any atom is 0.155 e. The molecule has 1 unspecified atom stereocenters. The van der Waals surface area contributed by atoms with Crippen molar-refractivity contribution >= 4 is 5.78 Å². The topological polar surface area (TPSA) is 37.3 Å². The molecule has 0 heterocycles. The van der Waals surface area contributed by atoms with Crippen LogP contribution in [-0.4, -0.2) is 16.5 Å². The number of allylic oxidation sites excluding steroid dienone is 2. The van der Waals surface area contributed by atoms with Crippen LogP contribution in [0.1, 0.15) is 58.8 Å². The van der Waals surface area contributed by atoms with Crippen molar-refractivity contribution in [3.8, 4) is 12.3 Å². The van der Waals surface area contributed by atoms with Crippen LogP contribution in [0.5, 0.6) is 0 Å². The number of hydrogen-bond acceptors (Lipinski definition) is 2. The summed E-state index contributed by atoms with van der Waals surface area (Å²) >= 11 is 0. The maximum atomic E-state index is 11.8. The second kappa shape index (κ2) is 4.73. The average Bonchev–Trinajstić information content (AvgIpc) is 2.80. The van der Waals surface area contributed by atoms with Crippen LogP contribution in [0.2, 0.25) is 0 Å². The molecule has 3 fully saturated rings. The zero-order chi connectivity index (χ0) is 16.5. The molecular weight excluding hydrogens is 284 g/mol. The largest absolute Gasteiger partial charge is 0.377 e. The Morgan fingerprint density at radius 3 is 2.65 bits per heavy atom. The Balaban J connectivity index is 1.70. The van der Waals surface area contributed by atoms with Crippen molar-refractivity contribution in [3.63, 3.8) is 0 Å². The number of rotatable bonds is 0. The van der Waals surface area contributed by atoms with Crippen LogP contribution in [0.3, 0.4) is 0 Å². The van der Waals surface area contributed by atoms with Gasteiger partial charge in [0.25, 0.3) is 0 Å². The zero-order valence-corrected chi connectivity index (χ0v) is 14.3. The van der Waals surface area contributed by atoms with Gasteiger partial charge >= 0.3 is 0 Å². The highest BCUT2D eigenvalue weighted by atomic mass is 16.3. The molecule has 0 spiro atoms. The lowest BCUT2D eigenvalue weighted by Crippen LogP contribution is -2.55. The Kier molecular flexibility index (Phi) is 3.18. The molecule has 0 aromatic heterocycles. The second-order valence-electron chi connectivity index (χ2n) is 9.02. The van der Waals surface area contributed by atoms with E-state index in [9.17, 15) is 9.90 Å². The molecule has 3 saturated carbocycles. The summed E-state index contributed by atoms with van der Waals surface area (Å²) < 4.78 is 0. The monoisotopic (exact) mass is 312 g/mol.